The van der Waals surface area contributed by atoms with Crippen LogP contribution in [-0.2, 0) is 4.79 Å². The van der Waals surface area contributed by atoms with Gasteiger partial charge in [-0.3, -0.25) is 4.79 Å². The minimum absolute atomic E-state index is 0.0472. The van der Waals surface area contributed by atoms with Crippen molar-refractivity contribution < 1.29 is 49.7 Å². The summed E-state index contributed by atoms with van der Waals surface area (Å²) in [4.78, 5) is 23.0. The molecule has 0 amide bonds. The predicted octanol–water partition coefficient (Wildman–Crippen LogP) is -0.444. The van der Waals surface area contributed by atoms with E-state index in [9.17, 15) is 45.3 Å². The van der Waals surface area contributed by atoms with Gasteiger partial charge in [0.2, 0.25) is 17.5 Å². The van der Waals surface area contributed by atoms with Gasteiger partial charge in [0.25, 0.3) is 0 Å². The number of phenols is 2. The van der Waals surface area contributed by atoms with Gasteiger partial charge in [0.15, 0.2) is 12.0 Å². The first-order chi connectivity index (χ1) is 14.6. The maximum Gasteiger partial charge on any atom is 0.238 e. The molecule has 11 nitrogen and oxygen atoms in total. The SMILES string of the molecule is O=C[C@@H](O)[C@@H](O)[C@@H](O)[C@@H](O)Oc1cc(O)c2c(=O)c(O)c(-c3ccc(O)cc3)oc2c1. The smallest absolute Gasteiger partial charge is 0.238 e. The Bertz CT molecular complexity index is 1150. The number of benzene rings is 2. The van der Waals surface area contributed by atoms with Crippen molar-refractivity contribution in [1.29, 1.82) is 0 Å². The molecule has 0 aliphatic heterocycles. The van der Waals surface area contributed by atoms with E-state index in [0.717, 1.165) is 12.1 Å². The van der Waals surface area contributed by atoms with Gasteiger partial charge in [0.05, 0.1) is 0 Å². The zero-order chi connectivity index (χ0) is 22.9. The molecule has 1 heterocycles. The number of rotatable bonds is 7. The van der Waals surface area contributed by atoms with Crippen LogP contribution in [0.25, 0.3) is 22.3 Å². The molecular formula is C20H18O11. The van der Waals surface area contributed by atoms with Gasteiger partial charge in [-0.25, -0.2) is 0 Å². The molecule has 7 N–H and O–H groups in total. The van der Waals surface area contributed by atoms with Crippen molar-refractivity contribution in [3.8, 4) is 34.3 Å². The molecule has 0 radical (unpaired) electrons. The number of aldehydes is 1. The number of aliphatic hydroxyl groups excluding tert-OH is 4. The van der Waals surface area contributed by atoms with E-state index in [0.29, 0.717) is 0 Å². The van der Waals surface area contributed by atoms with Crippen molar-refractivity contribution >= 4 is 17.3 Å². The maximum atomic E-state index is 12.5. The zero-order valence-electron chi connectivity index (χ0n) is 15.6. The number of aliphatic hydroxyl groups is 4. The van der Waals surface area contributed by atoms with E-state index in [1.165, 1.54) is 24.3 Å². The van der Waals surface area contributed by atoms with Crippen LogP contribution in [0.4, 0.5) is 0 Å². The van der Waals surface area contributed by atoms with Crippen LogP contribution < -0.4 is 10.2 Å². The molecule has 1 aromatic heterocycles. The average Bonchev–Trinajstić information content (AvgIpc) is 2.74. The van der Waals surface area contributed by atoms with E-state index in [1.807, 2.05) is 0 Å². The number of ether oxygens (including phenoxy) is 1. The van der Waals surface area contributed by atoms with Crippen LogP contribution >= 0.6 is 0 Å². The van der Waals surface area contributed by atoms with E-state index < -0.39 is 41.5 Å². The molecule has 3 rings (SSSR count). The standard InChI is InChI=1S/C20H18O11/c21-7-12(24)15(25)18(28)20(29)30-10-5-11(23)14-13(6-10)31-19(17(27)16(14)26)8-1-3-9(22)4-2-8/h1-7,12,15,18,20,22-25,27-29H/t12-,15-,18-,20+/m1/s1. The summed E-state index contributed by atoms with van der Waals surface area (Å²) in [5.74, 6) is -2.10. The van der Waals surface area contributed by atoms with Crippen molar-refractivity contribution in [2.24, 2.45) is 0 Å². The molecule has 0 fully saturated rings. The summed E-state index contributed by atoms with van der Waals surface area (Å²) in [6.45, 7) is 0. The van der Waals surface area contributed by atoms with E-state index in [2.05, 4.69) is 0 Å². The molecule has 4 atom stereocenters. The summed E-state index contributed by atoms with van der Waals surface area (Å²) in [6, 6.07) is 7.30. The van der Waals surface area contributed by atoms with Crippen LogP contribution in [0.2, 0.25) is 0 Å². The van der Waals surface area contributed by atoms with Crippen LogP contribution in [0.1, 0.15) is 0 Å². The molecule has 0 aliphatic carbocycles. The Labute approximate surface area is 173 Å². The fourth-order valence-corrected chi connectivity index (χ4v) is 2.80. The van der Waals surface area contributed by atoms with Crippen LogP contribution in [-0.4, -0.2) is 66.6 Å². The van der Waals surface area contributed by atoms with E-state index in [1.54, 1.807) is 0 Å². The minimum atomic E-state index is -2.14. The van der Waals surface area contributed by atoms with Crippen molar-refractivity contribution in [3.05, 3.63) is 46.6 Å². The highest BCUT2D eigenvalue weighted by molar-refractivity contribution is 5.88. The molecule has 0 spiro atoms. The summed E-state index contributed by atoms with van der Waals surface area (Å²) in [6.07, 6.45) is -8.32. The molecule has 0 saturated carbocycles. The first-order valence-corrected chi connectivity index (χ1v) is 8.80. The topological polar surface area (TPSA) is 198 Å². The number of fused-ring (bicyclic) bond motifs is 1. The molecule has 2 aromatic carbocycles. The third-order valence-corrected chi connectivity index (χ3v) is 4.44. The molecule has 0 unspecified atom stereocenters. The van der Waals surface area contributed by atoms with Gasteiger partial charge < -0.3 is 49.7 Å². The molecule has 0 saturated heterocycles. The minimum Gasteiger partial charge on any atom is -0.508 e. The number of hydrogen-bond acceptors (Lipinski definition) is 11. The lowest BCUT2D eigenvalue weighted by atomic mass is 10.1. The molecule has 164 valence electrons. The maximum absolute atomic E-state index is 12.5. The predicted molar refractivity (Wildman–Crippen MR) is 104 cm³/mol. The second-order valence-electron chi connectivity index (χ2n) is 6.59. The van der Waals surface area contributed by atoms with Crippen molar-refractivity contribution in [3.63, 3.8) is 0 Å². The highest BCUT2D eigenvalue weighted by Gasteiger charge is 2.32. The summed E-state index contributed by atoms with van der Waals surface area (Å²) < 4.78 is 10.5. The monoisotopic (exact) mass is 434 g/mol. The lowest BCUT2D eigenvalue weighted by Gasteiger charge is -2.24. The summed E-state index contributed by atoms with van der Waals surface area (Å²) in [5.41, 5.74) is -0.976. The van der Waals surface area contributed by atoms with Gasteiger partial charge in [0, 0.05) is 17.7 Å². The molecular weight excluding hydrogens is 416 g/mol. The Hall–Kier alpha value is -3.64. The molecule has 0 bridgehead atoms. The second-order valence-corrected chi connectivity index (χ2v) is 6.59. The van der Waals surface area contributed by atoms with Crippen LogP contribution in [0.5, 0.6) is 23.0 Å². The van der Waals surface area contributed by atoms with Crippen molar-refractivity contribution in [2.75, 3.05) is 0 Å². The Morgan fingerprint density at radius 2 is 1.58 bits per heavy atom. The molecule has 31 heavy (non-hydrogen) atoms. The summed E-state index contributed by atoms with van der Waals surface area (Å²) in [5, 5.41) is 67.9. The number of carbonyl (C=O) groups excluding carboxylic acids is 1. The fourth-order valence-electron chi connectivity index (χ4n) is 2.80. The van der Waals surface area contributed by atoms with Gasteiger partial charge in [-0.1, -0.05) is 0 Å². The van der Waals surface area contributed by atoms with Crippen molar-refractivity contribution in [2.45, 2.75) is 24.6 Å². The van der Waals surface area contributed by atoms with Crippen LogP contribution in [0.3, 0.4) is 0 Å². The fraction of sp³-hybridized carbons (Fsp3) is 0.200. The third kappa shape index (κ3) is 4.29. The summed E-state index contributed by atoms with van der Waals surface area (Å²) >= 11 is 0. The van der Waals surface area contributed by atoms with Gasteiger partial charge in [-0.15, -0.1) is 0 Å². The van der Waals surface area contributed by atoms with Gasteiger partial charge >= 0.3 is 0 Å². The van der Waals surface area contributed by atoms with Gasteiger partial charge in [0.1, 0.15) is 46.5 Å². The van der Waals surface area contributed by atoms with E-state index in [-0.39, 0.29) is 40.1 Å². The highest BCUT2D eigenvalue weighted by Crippen LogP contribution is 2.36. The highest BCUT2D eigenvalue weighted by atomic mass is 16.6. The third-order valence-electron chi connectivity index (χ3n) is 4.44. The lowest BCUT2D eigenvalue weighted by molar-refractivity contribution is -0.166. The van der Waals surface area contributed by atoms with Crippen molar-refractivity contribution in [1.82, 2.24) is 0 Å². The average molecular weight is 434 g/mol. The number of phenolic OH excluding ortho intramolecular Hbond substituents is 2. The zero-order valence-corrected chi connectivity index (χ0v) is 15.6. The molecule has 3 aromatic rings. The first-order valence-electron chi connectivity index (χ1n) is 8.80. The Morgan fingerprint density at radius 1 is 0.935 bits per heavy atom. The number of hydrogen-bond donors (Lipinski definition) is 7. The quantitative estimate of drug-likeness (QED) is 0.188. The largest absolute Gasteiger partial charge is 0.508 e. The van der Waals surface area contributed by atoms with E-state index in [4.69, 9.17) is 9.15 Å². The van der Waals surface area contributed by atoms with Gasteiger partial charge in [-0.05, 0) is 24.3 Å². The van der Waals surface area contributed by atoms with Crippen LogP contribution in [0.15, 0.2) is 45.6 Å². The van der Waals surface area contributed by atoms with E-state index >= 15 is 0 Å². The number of aromatic hydroxyl groups is 3. The molecule has 0 aliphatic rings. The Morgan fingerprint density at radius 3 is 2.19 bits per heavy atom. The normalized spacial score (nSPS) is 15.2. The lowest BCUT2D eigenvalue weighted by Crippen LogP contribution is -2.47. The first kappa shape index (κ1) is 22.1. The number of carbonyl (C=O) groups is 1. The Kier molecular flexibility index (Phi) is 6.13. The van der Waals surface area contributed by atoms with Crippen LogP contribution in [0, 0.1) is 0 Å². The second kappa shape index (κ2) is 8.62. The summed E-state index contributed by atoms with van der Waals surface area (Å²) in [7, 11) is 0. The molecule has 11 heteroatoms. The van der Waals surface area contributed by atoms with Gasteiger partial charge in [-0.2, -0.15) is 0 Å². The Balaban J connectivity index is 2.02.